The molecule has 0 aliphatic carbocycles. The lowest BCUT2D eigenvalue weighted by atomic mass is 9.96. The molecule has 33 heavy (non-hydrogen) atoms. The lowest BCUT2D eigenvalue weighted by Gasteiger charge is -2.32. The number of nitrogens with one attached hydrogen (secondary N) is 1. The minimum Gasteiger partial charge on any atom is -0.461 e. The monoisotopic (exact) mass is 452 g/mol. The molecule has 1 aliphatic heterocycles. The van der Waals surface area contributed by atoms with E-state index in [0.717, 1.165) is 50.0 Å². The van der Waals surface area contributed by atoms with Gasteiger partial charge in [0.05, 0.1) is 12.0 Å². The lowest BCUT2D eigenvalue weighted by molar-refractivity contribution is -0.151. The summed E-state index contributed by atoms with van der Waals surface area (Å²) in [6, 6.07) is 19.6. The maximum absolute atomic E-state index is 12.5. The van der Waals surface area contributed by atoms with Crippen LogP contribution in [-0.4, -0.2) is 42.2 Å². The minimum atomic E-state index is -0.539. The molecule has 1 heterocycles. The molecule has 2 aromatic carbocycles. The van der Waals surface area contributed by atoms with Crippen molar-refractivity contribution in [3.63, 3.8) is 0 Å². The Morgan fingerprint density at radius 2 is 1.61 bits per heavy atom. The van der Waals surface area contributed by atoms with Crippen LogP contribution in [-0.2, 0) is 20.9 Å². The average molecular weight is 453 g/mol. The van der Waals surface area contributed by atoms with Gasteiger partial charge in [-0.15, -0.1) is 0 Å². The second-order valence-electron chi connectivity index (χ2n) is 9.61. The number of piperidine rings is 1. The highest BCUT2D eigenvalue weighted by Gasteiger charge is 2.27. The van der Waals surface area contributed by atoms with Gasteiger partial charge in [0.15, 0.2) is 0 Å². The van der Waals surface area contributed by atoms with Crippen LogP contribution >= 0.6 is 0 Å². The van der Waals surface area contributed by atoms with Gasteiger partial charge in [0.1, 0.15) is 12.2 Å². The summed E-state index contributed by atoms with van der Waals surface area (Å²) >= 11 is 0. The Balaban J connectivity index is 1.46. The Bertz CT molecular complexity index is 872. The van der Waals surface area contributed by atoms with Gasteiger partial charge in [-0.05, 0) is 64.3 Å². The maximum Gasteiger partial charge on any atom is 0.408 e. The third kappa shape index (κ3) is 8.54. The van der Waals surface area contributed by atoms with Crippen LogP contribution in [0.25, 0.3) is 0 Å². The van der Waals surface area contributed by atoms with Crippen LogP contribution < -0.4 is 5.32 Å². The van der Waals surface area contributed by atoms with Crippen LogP contribution in [0.1, 0.15) is 57.2 Å². The Morgan fingerprint density at radius 3 is 2.21 bits per heavy atom. The van der Waals surface area contributed by atoms with Crippen LogP contribution in [0, 0.1) is 5.92 Å². The summed E-state index contributed by atoms with van der Waals surface area (Å²) < 4.78 is 11.0. The zero-order valence-electron chi connectivity index (χ0n) is 20.0. The second-order valence-corrected chi connectivity index (χ2v) is 9.61. The van der Waals surface area contributed by atoms with Crippen LogP contribution in [0.4, 0.5) is 4.79 Å². The highest BCUT2D eigenvalue weighted by molar-refractivity contribution is 5.72. The number of alkyl carbamates (subject to hydrolysis) is 1. The molecule has 3 rings (SSSR count). The zero-order valence-corrected chi connectivity index (χ0v) is 20.0. The summed E-state index contributed by atoms with van der Waals surface area (Å²) in [5.41, 5.74) is 1.53. The van der Waals surface area contributed by atoms with E-state index in [1.807, 2.05) is 81.4 Å². The maximum atomic E-state index is 12.5. The topological polar surface area (TPSA) is 67.9 Å². The van der Waals surface area contributed by atoms with E-state index in [1.165, 1.54) is 0 Å². The second kappa shape index (κ2) is 11.8. The van der Waals surface area contributed by atoms with Gasteiger partial charge in [-0.1, -0.05) is 60.7 Å². The van der Waals surface area contributed by atoms with Crippen LogP contribution in [0.15, 0.2) is 60.7 Å². The Labute approximate surface area is 197 Å². The van der Waals surface area contributed by atoms with Gasteiger partial charge in [0.2, 0.25) is 0 Å². The molecule has 0 spiro atoms. The Kier molecular flexibility index (Phi) is 8.89. The van der Waals surface area contributed by atoms with E-state index in [9.17, 15) is 9.59 Å². The molecule has 1 atom stereocenters. The van der Waals surface area contributed by atoms with Gasteiger partial charge >= 0.3 is 12.1 Å². The van der Waals surface area contributed by atoms with E-state index in [-0.39, 0.29) is 17.9 Å². The van der Waals surface area contributed by atoms with Gasteiger partial charge in [-0.3, -0.25) is 4.79 Å². The molecule has 2 aromatic rings. The molecule has 1 amide bonds. The number of rotatable bonds is 8. The minimum absolute atomic E-state index is 0.0465. The predicted octanol–water partition coefficient (Wildman–Crippen LogP) is 5.10. The number of carbonyl (C=O) groups is 2. The molecule has 0 unspecified atom stereocenters. The molecule has 0 bridgehead atoms. The largest absolute Gasteiger partial charge is 0.461 e. The molecule has 1 N–H and O–H groups in total. The number of hydrogen-bond acceptors (Lipinski definition) is 5. The standard InChI is InChI=1S/C27H36N2O4/c1-27(2,3)33-26(31)28-24(22-12-8-5-9-13-22)16-19-29-17-14-23(15-18-29)25(30)32-20-21-10-6-4-7-11-21/h4-13,23-24H,14-20H2,1-3H3,(H,28,31)/t24-/m0/s1. The summed E-state index contributed by atoms with van der Waals surface area (Å²) in [5.74, 6) is -0.151. The van der Waals surface area contributed by atoms with Crippen molar-refractivity contribution in [2.75, 3.05) is 19.6 Å². The number of amides is 1. The highest BCUT2D eigenvalue weighted by Crippen LogP contribution is 2.23. The molecule has 1 aliphatic rings. The molecule has 178 valence electrons. The van der Waals surface area contributed by atoms with Gasteiger partial charge in [0, 0.05) is 6.54 Å². The van der Waals surface area contributed by atoms with Crippen molar-refractivity contribution in [2.45, 2.75) is 58.3 Å². The first-order valence-corrected chi connectivity index (χ1v) is 11.8. The summed E-state index contributed by atoms with van der Waals surface area (Å²) in [6.45, 7) is 8.44. The average Bonchev–Trinajstić information content (AvgIpc) is 2.80. The van der Waals surface area contributed by atoms with Crippen molar-refractivity contribution in [2.24, 2.45) is 5.92 Å². The normalized spacial score (nSPS) is 16.1. The fraction of sp³-hybridized carbons (Fsp3) is 0.481. The van der Waals surface area contributed by atoms with Crippen molar-refractivity contribution >= 4 is 12.1 Å². The van der Waals surface area contributed by atoms with Gasteiger partial charge in [-0.25, -0.2) is 4.79 Å². The fourth-order valence-corrected chi connectivity index (χ4v) is 4.01. The molecule has 6 nitrogen and oxygen atoms in total. The number of esters is 1. The number of likely N-dealkylation sites (tertiary alicyclic amines) is 1. The molecule has 0 saturated carbocycles. The van der Waals surface area contributed by atoms with Crippen LogP contribution in [0.3, 0.4) is 0 Å². The van der Waals surface area contributed by atoms with E-state index in [1.54, 1.807) is 0 Å². The van der Waals surface area contributed by atoms with Crippen molar-refractivity contribution in [1.82, 2.24) is 10.2 Å². The highest BCUT2D eigenvalue weighted by atomic mass is 16.6. The molecular weight excluding hydrogens is 416 g/mol. The first-order valence-electron chi connectivity index (χ1n) is 11.8. The van der Waals surface area contributed by atoms with Gasteiger partial charge in [0.25, 0.3) is 0 Å². The Morgan fingerprint density at radius 1 is 1.00 bits per heavy atom. The molecule has 0 aromatic heterocycles. The molecule has 6 heteroatoms. The predicted molar refractivity (Wildman–Crippen MR) is 129 cm³/mol. The van der Waals surface area contributed by atoms with Crippen LogP contribution in [0.5, 0.6) is 0 Å². The summed E-state index contributed by atoms with van der Waals surface area (Å²) in [5, 5.41) is 3.03. The van der Waals surface area contributed by atoms with Crippen molar-refractivity contribution in [1.29, 1.82) is 0 Å². The van der Waals surface area contributed by atoms with Crippen molar-refractivity contribution in [3.8, 4) is 0 Å². The zero-order chi connectivity index (χ0) is 23.7. The summed E-state index contributed by atoms with van der Waals surface area (Å²) in [6.07, 6.45) is 1.95. The Hall–Kier alpha value is -2.86. The lowest BCUT2D eigenvalue weighted by Crippen LogP contribution is -2.40. The quantitative estimate of drug-likeness (QED) is 0.565. The third-order valence-corrected chi connectivity index (χ3v) is 5.77. The van der Waals surface area contributed by atoms with Crippen LogP contribution in [0.2, 0.25) is 0 Å². The third-order valence-electron chi connectivity index (χ3n) is 5.77. The van der Waals surface area contributed by atoms with E-state index in [0.29, 0.717) is 6.61 Å². The fourth-order valence-electron chi connectivity index (χ4n) is 4.01. The first-order chi connectivity index (χ1) is 15.8. The molecule has 1 fully saturated rings. The molecule has 0 radical (unpaired) electrons. The number of nitrogens with zero attached hydrogens (tertiary/aromatic N) is 1. The SMILES string of the molecule is CC(C)(C)OC(=O)N[C@@H](CCN1CCC(C(=O)OCc2ccccc2)CC1)c1ccccc1. The van der Waals surface area contributed by atoms with Gasteiger partial charge < -0.3 is 19.7 Å². The first kappa shape index (κ1) is 24.8. The number of ether oxygens (including phenoxy) is 2. The van der Waals surface area contributed by atoms with E-state index in [2.05, 4.69) is 10.2 Å². The summed E-state index contributed by atoms with van der Waals surface area (Å²) in [7, 11) is 0. The number of carbonyl (C=O) groups excluding carboxylic acids is 2. The van der Waals surface area contributed by atoms with Gasteiger partial charge in [-0.2, -0.15) is 0 Å². The van der Waals surface area contributed by atoms with E-state index in [4.69, 9.17) is 9.47 Å². The molecule has 1 saturated heterocycles. The van der Waals surface area contributed by atoms with E-state index < -0.39 is 11.7 Å². The van der Waals surface area contributed by atoms with Crippen molar-refractivity contribution < 1.29 is 19.1 Å². The van der Waals surface area contributed by atoms with E-state index >= 15 is 0 Å². The smallest absolute Gasteiger partial charge is 0.408 e. The summed E-state index contributed by atoms with van der Waals surface area (Å²) in [4.78, 5) is 27.2. The van der Waals surface area contributed by atoms with Crippen molar-refractivity contribution in [3.05, 3.63) is 71.8 Å². The molecular formula is C27H36N2O4. The number of benzene rings is 2. The number of hydrogen-bond donors (Lipinski definition) is 1.